The highest BCUT2D eigenvalue weighted by molar-refractivity contribution is 5.84. The Morgan fingerprint density at radius 2 is 1.64 bits per heavy atom. The van der Waals surface area contributed by atoms with Crippen molar-refractivity contribution < 1.29 is 35.9 Å². The van der Waals surface area contributed by atoms with Crippen molar-refractivity contribution in [3.8, 4) is 0 Å². The van der Waals surface area contributed by atoms with E-state index in [-0.39, 0.29) is 23.4 Å². The van der Waals surface area contributed by atoms with Gasteiger partial charge in [-0.2, -0.15) is 26.3 Å². The number of rotatable bonds is 8. The van der Waals surface area contributed by atoms with E-state index >= 15 is 0 Å². The highest BCUT2D eigenvalue weighted by Crippen LogP contribution is 2.50. The third kappa shape index (κ3) is 8.10. The molecule has 3 fully saturated rings. The molecule has 0 aromatic rings. The molecule has 2 aliphatic heterocycles. The number of halogens is 6. The van der Waals surface area contributed by atoms with Gasteiger partial charge >= 0.3 is 12.4 Å². The zero-order valence-corrected chi connectivity index (χ0v) is 23.1. The average molecular weight is 566 g/mol. The minimum atomic E-state index is -4.79. The van der Waals surface area contributed by atoms with Gasteiger partial charge in [0.25, 0.3) is 0 Å². The van der Waals surface area contributed by atoms with Crippen LogP contribution in [0.3, 0.4) is 0 Å². The number of nitrogens with zero attached hydrogens (tertiary/aromatic N) is 2. The highest BCUT2D eigenvalue weighted by atomic mass is 19.4. The monoisotopic (exact) mass is 565 g/mol. The number of piperidine rings is 1. The molecule has 0 bridgehead atoms. The van der Waals surface area contributed by atoms with Crippen LogP contribution < -0.4 is 5.32 Å². The number of nitrogens with one attached hydrogen (secondary N) is 1. The molecule has 11 heteroatoms. The maximum absolute atomic E-state index is 13.9. The van der Waals surface area contributed by atoms with Crippen LogP contribution in [0.25, 0.3) is 0 Å². The van der Waals surface area contributed by atoms with E-state index in [1.54, 1.807) is 0 Å². The average Bonchev–Trinajstić information content (AvgIpc) is 3.33. The van der Waals surface area contributed by atoms with Crippen LogP contribution in [0.1, 0.15) is 51.9 Å². The zero-order valence-electron chi connectivity index (χ0n) is 23.1. The fraction of sp³-hybridized carbons (Fsp3) is 0.750. The van der Waals surface area contributed by atoms with Gasteiger partial charge < -0.3 is 19.9 Å². The number of allylic oxidation sites excluding steroid dienone is 3. The summed E-state index contributed by atoms with van der Waals surface area (Å²) >= 11 is 0. The van der Waals surface area contributed by atoms with Crippen molar-refractivity contribution in [2.24, 2.45) is 11.3 Å². The van der Waals surface area contributed by atoms with Crippen LogP contribution in [0.4, 0.5) is 26.3 Å². The van der Waals surface area contributed by atoms with Gasteiger partial charge in [-0.1, -0.05) is 6.58 Å². The minimum Gasteiger partial charge on any atom is -0.381 e. The minimum absolute atomic E-state index is 0.0896. The van der Waals surface area contributed by atoms with Gasteiger partial charge in [0.15, 0.2) is 0 Å². The van der Waals surface area contributed by atoms with Crippen molar-refractivity contribution in [3.05, 3.63) is 35.5 Å². The predicted octanol–water partition coefficient (Wildman–Crippen LogP) is 5.65. The summed E-state index contributed by atoms with van der Waals surface area (Å²) in [7, 11) is 4.11. The van der Waals surface area contributed by atoms with Crippen LogP contribution in [0, 0.1) is 11.3 Å². The summed E-state index contributed by atoms with van der Waals surface area (Å²) in [6.45, 7) is 6.38. The lowest BCUT2D eigenvalue weighted by molar-refractivity contribution is -0.135. The molecule has 1 N–H and O–H groups in total. The van der Waals surface area contributed by atoms with Crippen LogP contribution in [0.2, 0.25) is 0 Å². The molecule has 2 atom stereocenters. The standard InChI is InChI=1S/C28H41F6N3O2/c1-19(27(29,30)31)15-21(16-20(2)28(32,33)34)18-35-25(38)26(22-6-11-36(3)12-7-22)10-5-24(17-26)37(4)23-8-13-39-14-9-23/h15-16,22-24H,1,5-14,17-18H2,2-4H3,(H,35,38)/b20-16+,21-15+. The van der Waals surface area contributed by atoms with Crippen LogP contribution in [-0.2, 0) is 9.53 Å². The summed E-state index contributed by atoms with van der Waals surface area (Å²) in [5.74, 6) is -0.201. The van der Waals surface area contributed by atoms with Crippen molar-refractivity contribution >= 4 is 5.91 Å². The molecular formula is C28H41F6N3O2. The van der Waals surface area contributed by atoms with Gasteiger partial charge in [-0.3, -0.25) is 4.79 Å². The third-order valence-electron chi connectivity index (χ3n) is 8.84. The summed E-state index contributed by atoms with van der Waals surface area (Å²) < 4.78 is 84.5. The van der Waals surface area contributed by atoms with E-state index in [4.69, 9.17) is 4.74 Å². The molecule has 1 amide bonds. The van der Waals surface area contributed by atoms with E-state index in [0.29, 0.717) is 44.2 Å². The Hall–Kier alpha value is -1.85. The predicted molar refractivity (Wildman–Crippen MR) is 138 cm³/mol. The van der Waals surface area contributed by atoms with Crippen LogP contribution in [-0.4, -0.2) is 87.1 Å². The second-order valence-corrected chi connectivity index (χ2v) is 11.4. The number of hydrogen-bond donors (Lipinski definition) is 1. The second kappa shape index (κ2) is 12.8. The maximum Gasteiger partial charge on any atom is 0.415 e. The van der Waals surface area contributed by atoms with E-state index in [2.05, 4.69) is 28.7 Å². The summed E-state index contributed by atoms with van der Waals surface area (Å²) in [5.41, 5.74) is -3.35. The normalized spacial score (nSPS) is 27.3. The molecule has 5 nitrogen and oxygen atoms in total. The van der Waals surface area contributed by atoms with Crippen LogP contribution in [0.5, 0.6) is 0 Å². The lowest BCUT2D eigenvalue weighted by atomic mass is 9.68. The van der Waals surface area contributed by atoms with Gasteiger partial charge in [-0.05, 0) is 103 Å². The molecular weight excluding hydrogens is 524 g/mol. The molecule has 3 rings (SSSR count). The van der Waals surface area contributed by atoms with E-state index in [1.807, 2.05) is 7.05 Å². The molecule has 1 saturated carbocycles. The van der Waals surface area contributed by atoms with Gasteiger partial charge in [0.2, 0.25) is 5.91 Å². The fourth-order valence-electron chi connectivity index (χ4n) is 6.28. The molecule has 222 valence electrons. The first-order valence-electron chi connectivity index (χ1n) is 13.6. The number of carbonyl (C=O) groups is 1. The summed E-state index contributed by atoms with van der Waals surface area (Å²) in [4.78, 5) is 18.4. The summed E-state index contributed by atoms with van der Waals surface area (Å²) in [6, 6.07) is 0.532. The number of likely N-dealkylation sites (tertiary alicyclic amines) is 1. The van der Waals surface area contributed by atoms with E-state index in [9.17, 15) is 31.1 Å². The van der Waals surface area contributed by atoms with Gasteiger partial charge in [-0.25, -0.2) is 0 Å². The number of carbonyl (C=O) groups excluding carboxylic acids is 1. The molecule has 0 aromatic carbocycles. The first kappa shape index (κ1) is 31.7. The number of amides is 1. The van der Waals surface area contributed by atoms with Gasteiger partial charge in [0.05, 0.1) is 5.41 Å². The number of hydrogen-bond acceptors (Lipinski definition) is 4. The fourth-order valence-corrected chi connectivity index (χ4v) is 6.28. The zero-order chi connectivity index (χ0) is 29.0. The molecule has 39 heavy (non-hydrogen) atoms. The van der Waals surface area contributed by atoms with E-state index in [0.717, 1.165) is 52.1 Å². The van der Waals surface area contributed by atoms with Gasteiger partial charge in [0, 0.05) is 43.0 Å². The topological polar surface area (TPSA) is 44.8 Å². The first-order valence-corrected chi connectivity index (χ1v) is 13.6. The molecule has 2 heterocycles. The van der Waals surface area contributed by atoms with Crippen molar-refractivity contribution in [2.75, 3.05) is 46.9 Å². The molecule has 3 aliphatic rings. The molecule has 0 aromatic heterocycles. The van der Waals surface area contributed by atoms with Crippen molar-refractivity contribution in [2.45, 2.75) is 76.3 Å². The SMILES string of the molecule is C=C(/C=C(\C=C(/C)C(F)(F)F)CNC(=O)C1(C2CCN(C)CC2)CCC(N(C)C2CCOCC2)C1)C(F)(F)F. The molecule has 2 saturated heterocycles. The third-order valence-corrected chi connectivity index (χ3v) is 8.84. The Morgan fingerprint density at radius 1 is 1.03 bits per heavy atom. The Balaban J connectivity index is 1.83. The Kier molecular flexibility index (Phi) is 10.4. The van der Waals surface area contributed by atoms with E-state index < -0.39 is 35.5 Å². The first-order chi connectivity index (χ1) is 18.1. The molecule has 1 aliphatic carbocycles. The molecule has 0 radical (unpaired) electrons. The molecule has 0 spiro atoms. The summed E-state index contributed by atoms with van der Waals surface area (Å²) in [6.07, 6.45) is -2.73. The number of ether oxygens (including phenoxy) is 1. The summed E-state index contributed by atoms with van der Waals surface area (Å²) in [5, 5.41) is 2.75. The largest absolute Gasteiger partial charge is 0.415 e. The quantitative estimate of drug-likeness (QED) is 0.305. The van der Waals surface area contributed by atoms with E-state index in [1.165, 1.54) is 0 Å². The Labute approximate surface area is 227 Å². The highest BCUT2D eigenvalue weighted by Gasteiger charge is 2.52. The second-order valence-electron chi connectivity index (χ2n) is 11.4. The Morgan fingerprint density at radius 3 is 2.21 bits per heavy atom. The lowest BCUT2D eigenvalue weighted by Gasteiger charge is -2.42. The lowest BCUT2D eigenvalue weighted by Crippen LogP contribution is -2.50. The van der Waals surface area contributed by atoms with Crippen molar-refractivity contribution in [3.63, 3.8) is 0 Å². The smallest absolute Gasteiger partial charge is 0.381 e. The molecule has 2 unspecified atom stereocenters. The van der Waals surface area contributed by atoms with Gasteiger partial charge in [0.1, 0.15) is 0 Å². The number of alkyl halides is 6. The maximum atomic E-state index is 13.9. The van der Waals surface area contributed by atoms with Crippen molar-refractivity contribution in [1.29, 1.82) is 0 Å². The Bertz CT molecular complexity index is 931. The van der Waals surface area contributed by atoms with Gasteiger partial charge in [-0.15, -0.1) is 0 Å². The van der Waals surface area contributed by atoms with Crippen LogP contribution >= 0.6 is 0 Å². The van der Waals surface area contributed by atoms with Crippen molar-refractivity contribution in [1.82, 2.24) is 15.1 Å². The van der Waals surface area contributed by atoms with Crippen LogP contribution in [0.15, 0.2) is 35.5 Å².